The molecule has 12 nitrogen and oxygen atoms in total. The fourth-order valence-electron chi connectivity index (χ4n) is 11.0. The summed E-state index contributed by atoms with van der Waals surface area (Å²) in [7, 11) is 0. The van der Waals surface area contributed by atoms with Gasteiger partial charge < -0.3 is 28.9 Å². The number of halogens is 16. The highest BCUT2D eigenvalue weighted by molar-refractivity contribution is 6.54. The molecule has 0 amide bonds. The van der Waals surface area contributed by atoms with Crippen molar-refractivity contribution in [2.24, 2.45) is 0 Å². The van der Waals surface area contributed by atoms with Crippen molar-refractivity contribution in [1.82, 2.24) is 39.9 Å². The van der Waals surface area contributed by atoms with E-state index in [1.807, 2.05) is 84.9 Å². The third-order valence-corrected chi connectivity index (χ3v) is 21.3. The Hall–Kier alpha value is -6.60. The lowest BCUT2D eigenvalue weighted by Gasteiger charge is -2.17. The van der Waals surface area contributed by atoms with Gasteiger partial charge in [0.15, 0.2) is 57.8 Å². The second-order valence-corrected chi connectivity index (χ2v) is 27.1. The minimum atomic E-state index is -0.206. The summed E-state index contributed by atoms with van der Waals surface area (Å²) in [5, 5.41) is -1.23. The number of nitrogens with zero attached hydrogens (tertiary/aromatic N) is 6. The Bertz CT molecular complexity index is 5690. The summed E-state index contributed by atoms with van der Waals surface area (Å²) in [6.45, 7) is 0. The summed E-state index contributed by atoms with van der Waals surface area (Å²) < 4.78 is 26.2. The third kappa shape index (κ3) is 11.0. The zero-order chi connectivity index (χ0) is 66.9. The highest BCUT2D eigenvalue weighted by Gasteiger charge is 2.36. The van der Waals surface area contributed by atoms with Gasteiger partial charge in [0.2, 0.25) is 0 Å². The van der Waals surface area contributed by atoms with Gasteiger partial charge in [-0.15, -0.1) is 0 Å². The predicted octanol–water partition coefficient (Wildman–Crippen LogP) is 27.8. The molecule has 3 aromatic heterocycles. The lowest BCUT2D eigenvalue weighted by atomic mass is 10.0. The topological polar surface area (TPSA) is 146 Å². The van der Waals surface area contributed by atoms with E-state index < -0.39 is 0 Å². The van der Waals surface area contributed by atoms with Crippen LogP contribution in [0.25, 0.3) is 112 Å². The van der Waals surface area contributed by atoms with Crippen LogP contribution in [0.1, 0.15) is 0 Å². The fourth-order valence-corrected chi connectivity index (χ4v) is 15.4. The van der Waals surface area contributed by atoms with Gasteiger partial charge in [0, 0.05) is 11.1 Å². The molecule has 0 fully saturated rings. The highest BCUT2D eigenvalue weighted by atomic mass is 35.5. The molecule has 28 heteroatoms. The number of aromatic amines is 2. The van der Waals surface area contributed by atoms with Gasteiger partial charge in [-0.25, -0.2) is 29.9 Å². The van der Waals surface area contributed by atoms with E-state index in [9.17, 15) is 0 Å². The second kappa shape index (κ2) is 25.9. The summed E-state index contributed by atoms with van der Waals surface area (Å²) >= 11 is 116. The van der Waals surface area contributed by atoms with Crippen molar-refractivity contribution >= 4 is 230 Å². The maximum atomic E-state index is 7.67. The lowest BCUT2D eigenvalue weighted by molar-refractivity contribution is 0.484. The Balaban J connectivity index is 1.08. The molecule has 0 unspecified atom stereocenters. The van der Waals surface area contributed by atoms with Gasteiger partial charge in [0.1, 0.15) is 54.2 Å². The number of hydrogen-bond donors (Lipinski definition) is 2. The molecule has 2 aliphatic heterocycles. The largest absolute Gasteiger partial charge is 0.453 e. The monoisotopic (exact) mass is 1580 g/mol. The lowest BCUT2D eigenvalue weighted by Crippen LogP contribution is -1.94. The molecule has 0 spiro atoms. The third-order valence-electron chi connectivity index (χ3n) is 15.3. The second-order valence-electron chi connectivity index (χ2n) is 20.9. The van der Waals surface area contributed by atoms with Crippen LogP contribution in [0.15, 0.2) is 146 Å². The number of rotatable bonds is 10. The fraction of sp³-hybridized carbons (Fsp3) is 0. The average Bonchev–Trinajstić information content (AvgIpc) is 1.56. The van der Waals surface area contributed by atoms with Gasteiger partial charge in [-0.05, 0) is 47.5 Å². The molecule has 2 N–H and O–H groups in total. The number of benzene rings is 10. The van der Waals surface area contributed by atoms with Crippen LogP contribution < -0.4 is 18.9 Å². The molecule has 0 saturated heterocycles. The van der Waals surface area contributed by atoms with Gasteiger partial charge in [-0.3, -0.25) is 0 Å². The number of nitrogens with one attached hydrogen (secondary N) is 2. The molecule has 0 atom stereocenters. The van der Waals surface area contributed by atoms with Crippen molar-refractivity contribution in [1.29, 1.82) is 0 Å². The smallest absolute Gasteiger partial charge is 0.167 e. The Morgan fingerprint density at radius 1 is 0.229 bits per heavy atom. The molecule has 0 saturated carbocycles. The van der Waals surface area contributed by atoms with E-state index in [1.165, 1.54) is 0 Å². The van der Waals surface area contributed by atoms with E-state index in [0.29, 0.717) is 22.6 Å². The normalized spacial score (nSPS) is 11.8. The Labute approximate surface area is 622 Å². The van der Waals surface area contributed by atoms with E-state index in [-0.39, 0.29) is 205 Å². The first kappa shape index (κ1) is 65.3. The van der Waals surface area contributed by atoms with Crippen LogP contribution in [-0.4, -0.2) is 39.9 Å². The highest BCUT2D eigenvalue weighted by Crippen LogP contribution is 2.59. The van der Waals surface area contributed by atoms with Crippen molar-refractivity contribution in [3.05, 3.63) is 226 Å². The first-order chi connectivity index (χ1) is 46.3. The van der Waals surface area contributed by atoms with E-state index in [0.717, 1.165) is 11.1 Å². The number of para-hydroxylation sites is 4. The maximum Gasteiger partial charge on any atom is 0.167 e. The Kier molecular flexibility index (Phi) is 17.6. The van der Waals surface area contributed by atoms with Crippen LogP contribution in [-0.2, 0) is 0 Å². The summed E-state index contributed by atoms with van der Waals surface area (Å²) in [4.78, 5) is 37.3. The zero-order valence-corrected chi connectivity index (χ0v) is 59.3. The summed E-state index contributed by atoms with van der Waals surface area (Å²) in [6, 6.07) is 43.1. The maximum absolute atomic E-state index is 7.67. The van der Waals surface area contributed by atoms with Crippen molar-refractivity contribution in [2.75, 3.05) is 0 Å². The molecule has 10 aromatic carbocycles. The minimum absolute atomic E-state index is 0.00636. The van der Waals surface area contributed by atoms with Crippen LogP contribution in [0.2, 0.25) is 80.4 Å². The van der Waals surface area contributed by atoms with Crippen LogP contribution in [0, 0.1) is 0 Å². The van der Waals surface area contributed by atoms with Crippen LogP contribution in [0.4, 0.5) is 0 Å². The molecule has 13 aromatic rings. The Morgan fingerprint density at radius 3 is 0.854 bits per heavy atom. The van der Waals surface area contributed by atoms with Gasteiger partial charge in [-0.1, -0.05) is 295 Å². The minimum Gasteiger partial charge on any atom is -0.453 e. The molecule has 474 valence electrons. The van der Waals surface area contributed by atoms with Gasteiger partial charge in [-0.2, -0.15) is 0 Å². The van der Waals surface area contributed by atoms with Crippen molar-refractivity contribution in [3.8, 4) is 114 Å². The SMILES string of the molecule is Clc1cccc(Cl)c1Oc1c(Cl)c(Cl)c2c3nc4nc(nc5[nH]c(nc6nc(nc([nH]3)c2c1Cl)-c1c(Cl)c(Cl)c(Oc2ccccc2-c2ccccc2)c(Cl)c1-6)c1c(Cl)c(Oc2c(Cl)cccc2Cl)c(Cl)c(Cl)c51)-c1c(Cl)c(Cl)c(Oc2ccccc2-c2ccccc2)c(Cl)c1-4. The molecule has 0 aliphatic carbocycles. The molecular weight excluding hydrogens is 1560 g/mol. The quantitative estimate of drug-likeness (QED) is 0.127. The van der Waals surface area contributed by atoms with E-state index in [1.54, 1.807) is 60.7 Å². The molecule has 5 heterocycles. The summed E-state index contributed by atoms with van der Waals surface area (Å²) in [6.07, 6.45) is 0. The van der Waals surface area contributed by atoms with Gasteiger partial charge in [0.05, 0.1) is 104 Å². The number of H-pyrrole nitrogens is 2. The van der Waals surface area contributed by atoms with Crippen molar-refractivity contribution in [3.63, 3.8) is 0 Å². The van der Waals surface area contributed by atoms with E-state index in [4.69, 9.17) is 234 Å². The van der Waals surface area contributed by atoms with Gasteiger partial charge >= 0.3 is 0 Å². The van der Waals surface area contributed by atoms with Crippen molar-refractivity contribution in [2.45, 2.75) is 0 Å². The molecule has 2 aliphatic rings. The van der Waals surface area contributed by atoms with E-state index >= 15 is 0 Å². The molecule has 0 radical (unpaired) electrons. The molecular formula is C68H26Cl16N8O4. The standard InChI is InChI=1S/C68H26Cl16N8O4/c69-29-19-11-20-30(70)55(29)95-59-49(79)41-38(46(76)54(59)84)64-88-65-39-35(43(73)51(81)57(47(39)77)93-33-23-9-7-17-27(33)25-13-3-1-4-14-25)61(86-65)85-62-37-42(50(80)60(53(83)45(37)75)96-56-31(71)21-12-22-32(56)72)68(87-62)92-66-40-36(63(89-66)90-67(41)91-64)44(74)52(82)58(48(40)78)94-34-24-10-8-18-28(34)26-15-5-2-6-16-26/h1-24H,(H2,85,86,87,88,89,90,91,92). The zero-order valence-electron chi connectivity index (χ0n) is 47.2. The molecule has 8 bridgehead atoms. The van der Waals surface area contributed by atoms with Crippen LogP contribution in [0.5, 0.6) is 46.0 Å². The van der Waals surface area contributed by atoms with Crippen molar-refractivity contribution < 1.29 is 18.9 Å². The average molecular weight is 1590 g/mol. The van der Waals surface area contributed by atoms with Gasteiger partial charge in [0.25, 0.3) is 0 Å². The first-order valence-corrected chi connectivity index (χ1v) is 33.9. The Morgan fingerprint density at radius 2 is 0.510 bits per heavy atom. The first-order valence-electron chi connectivity index (χ1n) is 27.8. The summed E-state index contributed by atoms with van der Waals surface area (Å²) in [5.74, 6) is -0.488. The van der Waals surface area contributed by atoms with Crippen LogP contribution in [0.3, 0.4) is 0 Å². The number of aromatic nitrogens is 8. The predicted molar refractivity (Wildman–Crippen MR) is 393 cm³/mol. The number of fused-ring (bicyclic) bond motifs is 20. The molecule has 15 rings (SSSR count). The van der Waals surface area contributed by atoms with E-state index in [2.05, 4.69) is 9.97 Å². The summed E-state index contributed by atoms with van der Waals surface area (Å²) in [5.41, 5.74) is 2.92. The number of hydrogen-bond acceptors (Lipinski definition) is 10. The van der Waals surface area contributed by atoms with Crippen LogP contribution >= 0.6 is 186 Å². The molecule has 96 heavy (non-hydrogen) atoms. The number of ether oxygens (including phenoxy) is 4.